The molecular weight excluding hydrogens is 310 g/mol. The Morgan fingerprint density at radius 3 is 2.96 bits per heavy atom. The number of aliphatic hydroxyl groups is 1. The second kappa shape index (κ2) is 6.45. The van der Waals surface area contributed by atoms with E-state index in [0.29, 0.717) is 11.5 Å². The van der Waals surface area contributed by atoms with Crippen molar-refractivity contribution < 1.29 is 9.90 Å². The van der Waals surface area contributed by atoms with Crippen molar-refractivity contribution in [2.45, 2.75) is 51.2 Å². The molecule has 0 aliphatic heterocycles. The van der Waals surface area contributed by atoms with Gasteiger partial charge in [0.15, 0.2) is 0 Å². The number of thiophene rings is 1. The number of nitrogens with one attached hydrogen (secondary N) is 1. The van der Waals surface area contributed by atoms with Crippen molar-refractivity contribution in [1.82, 2.24) is 15.1 Å². The Morgan fingerprint density at radius 2 is 2.35 bits per heavy atom. The van der Waals surface area contributed by atoms with Gasteiger partial charge in [-0.2, -0.15) is 16.4 Å². The average molecular weight is 333 g/mol. The van der Waals surface area contributed by atoms with Crippen LogP contribution in [0.5, 0.6) is 0 Å². The minimum atomic E-state index is -1.06. The maximum atomic E-state index is 12.6. The summed E-state index contributed by atoms with van der Waals surface area (Å²) in [5, 5.41) is 21.6. The van der Waals surface area contributed by atoms with Crippen LogP contribution in [0.1, 0.15) is 60.6 Å². The van der Waals surface area contributed by atoms with Crippen LogP contribution in [0.25, 0.3) is 0 Å². The Morgan fingerprint density at radius 1 is 1.57 bits per heavy atom. The fraction of sp³-hybridized carbons (Fsp3) is 0.529. The summed E-state index contributed by atoms with van der Waals surface area (Å²) in [6, 6.07) is 1.88. The monoisotopic (exact) mass is 333 g/mol. The van der Waals surface area contributed by atoms with Gasteiger partial charge in [-0.25, -0.2) is 0 Å². The van der Waals surface area contributed by atoms with Gasteiger partial charge in [0.1, 0.15) is 5.60 Å². The van der Waals surface area contributed by atoms with Crippen molar-refractivity contribution in [1.29, 1.82) is 0 Å². The number of hydrogen-bond acceptors (Lipinski definition) is 4. The van der Waals surface area contributed by atoms with E-state index in [1.807, 2.05) is 21.5 Å². The second-order valence-corrected chi connectivity index (χ2v) is 7.19. The first-order valence-electron chi connectivity index (χ1n) is 8.12. The minimum absolute atomic E-state index is 0.148. The summed E-state index contributed by atoms with van der Waals surface area (Å²) in [5.41, 5.74) is 1.47. The highest BCUT2D eigenvalue weighted by Gasteiger charge is 2.33. The highest BCUT2D eigenvalue weighted by molar-refractivity contribution is 7.08. The predicted molar refractivity (Wildman–Crippen MR) is 90.7 cm³/mol. The van der Waals surface area contributed by atoms with E-state index in [1.165, 1.54) is 11.3 Å². The lowest BCUT2D eigenvalue weighted by Crippen LogP contribution is -2.38. The summed E-state index contributed by atoms with van der Waals surface area (Å²) in [7, 11) is 0. The Hall–Kier alpha value is -1.66. The van der Waals surface area contributed by atoms with Crippen molar-refractivity contribution in [3.63, 3.8) is 0 Å². The molecule has 23 heavy (non-hydrogen) atoms. The fourth-order valence-corrected chi connectivity index (χ4v) is 3.55. The topological polar surface area (TPSA) is 67.2 Å². The van der Waals surface area contributed by atoms with Crippen LogP contribution < -0.4 is 5.32 Å². The molecule has 0 aromatic carbocycles. The van der Waals surface area contributed by atoms with Crippen LogP contribution in [0.15, 0.2) is 23.0 Å². The van der Waals surface area contributed by atoms with Crippen LogP contribution in [0, 0.1) is 0 Å². The van der Waals surface area contributed by atoms with Crippen LogP contribution in [-0.2, 0) is 12.1 Å². The molecule has 2 aromatic heterocycles. The Labute approximate surface area is 140 Å². The molecule has 1 aliphatic rings. The van der Waals surface area contributed by atoms with Gasteiger partial charge >= 0.3 is 0 Å². The number of rotatable bonds is 7. The fourth-order valence-electron chi connectivity index (χ4n) is 2.77. The first-order valence-corrected chi connectivity index (χ1v) is 9.06. The smallest absolute Gasteiger partial charge is 0.254 e. The van der Waals surface area contributed by atoms with Gasteiger partial charge in [0, 0.05) is 12.5 Å². The Balaban J connectivity index is 1.71. The number of amides is 1. The SMILES string of the molecule is CCCn1ncc(C(=O)NCC(C)(O)c2ccsc2)c1C1CC1. The van der Waals surface area contributed by atoms with E-state index in [0.717, 1.165) is 37.1 Å². The summed E-state index contributed by atoms with van der Waals surface area (Å²) >= 11 is 1.53. The van der Waals surface area contributed by atoms with Gasteiger partial charge in [0.05, 0.1) is 24.0 Å². The Bertz CT molecular complexity index is 672. The van der Waals surface area contributed by atoms with Crippen molar-refractivity contribution in [2.75, 3.05) is 6.54 Å². The lowest BCUT2D eigenvalue weighted by molar-refractivity contribution is 0.0529. The number of carbonyl (C=O) groups is 1. The first-order chi connectivity index (χ1) is 11.0. The van der Waals surface area contributed by atoms with Crippen molar-refractivity contribution in [3.8, 4) is 0 Å². The third kappa shape index (κ3) is 3.48. The molecular formula is C17H23N3O2S. The number of nitrogens with zero attached hydrogens (tertiary/aromatic N) is 2. The maximum absolute atomic E-state index is 12.6. The number of carbonyl (C=O) groups excluding carboxylic acids is 1. The molecule has 1 atom stereocenters. The van der Waals surface area contributed by atoms with E-state index in [4.69, 9.17) is 0 Å². The molecule has 2 heterocycles. The maximum Gasteiger partial charge on any atom is 0.254 e. The number of aromatic nitrogens is 2. The number of hydrogen-bond donors (Lipinski definition) is 2. The largest absolute Gasteiger partial charge is 0.384 e. The molecule has 3 rings (SSSR count). The zero-order valence-corrected chi connectivity index (χ0v) is 14.4. The standard InChI is InChI=1S/C17H23N3O2S/c1-3-7-20-15(12-4-5-12)14(9-19-20)16(21)18-11-17(2,22)13-6-8-23-10-13/h6,8-10,12,22H,3-5,7,11H2,1-2H3,(H,18,21). The van der Waals surface area contributed by atoms with E-state index >= 15 is 0 Å². The zero-order chi connectivity index (χ0) is 16.4. The molecule has 6 heteroatoms. The highest BCUT2D eigenvalue weighted by Crippen LogP contribution is 2.41. The van der Waals surface area contributed by atoms with Gasteiger partial charge in [-0.3, -0.25) is 9.48 Å². The van der Waals surface area contributed by atoms with Gasteiger partial charge in [-0.1, -0.05) is 6.92 Å². The molecule has 2 aromatic rings. The van der Waals surface area contributed by atoms with Crippen LogP contribution in [0.4, 0.5) is 0 Å². The highest BCUT2D eigenvalue weighted by atomic mass is 32.1. The van der Waals surface area contributed by atoms with Gasteiger partial charge in [0.2, 0.25) is 0 Å². The van der Waals surface area contributed by atoms with Crippen molar-refractivity contribution >= 4 is 17.2 Å². The van der Waals surface area contributed by atoms with E-state index in [2.05, 4.69) is 17.3 Å². The molecule has 2 N–H and O–H groups in total. The molecule has 1 amide bonds. The lowest BCUT2D eigenvalue weighted by atomic mass is 9.99. The van der Waals surface area contributed by atoms with E-state index < -0.39 is 5.60 Å². The summed E-state index contributed by atoms with van der Waals surface area (Å²) in [6.07, 6.45) is 4.91. The summed E-state index contributed by atoms with van der Waals surface area (Å²) in [4.78, 5) is 12.6. The van der Waals surface area contributed by atoms with E-state index in [1.54, 1.807) is 13.1 Å². The third-order valence-corrected chi connectivity index (χ3v) is 4.94. The summed E-state index contributed by atoms with van der Waals surface area (Å²) < 4.78 is 1.96. The second-order valence-electron chi connectivity index (χ2n) is 6.41. The predicted octanol–water partition coefficient (Wildman–Crippen LogP) is 2.87. The summed E-state index contributed by atoms with van der Waals surface area (Å²) in [6.45, 7) is 4.85. The van der Waals surface area contributed by atoms with Crippen LogP contribution >= 0.6 is 11.3 Å². The van der Waals surface area contributed by atoms with Crippen molar-refractivity contribution in [2.24, 2.45) is 0 Å². The molecule has 1 unspecified atom stereocenters. The molecule has 124 valence electrons. The number of aryl methyl sites for hydroxylation is 1. The van der Waals surface area contributed by atoms with Gasteiger partial charge < -0.3 is 10.4 Å². The minimum Gasteiger partial charge on any atom is -0.384 e. The zero-order valence-electron chi connectivity index (χ0n) is 13.6. The summed E-state index contributed by atoms with van der Waals surface area (Å²) in [5.74, 6) is 0.312. The van der Waals surface area contributed by atoms with Gasteiger partial charge in [0.25, 0.3) is 5.91 Å². The average Bonchev–Trinajstić information content (AvgIpc) is 3.04. The first kappa shape index (κ1) is 16.2. The van der Waals surface area contributed by atoms with E-state index in [-0.39, 0.29) is 12.5 Å². The van der Waals surface area contributed by atoms with Crippen LogP contribution in [0.2, 0.25) is 0 Å². The lowest BCUT2D eigenvalue weighted by Gasteiger charge is -2.22. The van der Waals surface area contributed by atoms with Gasteiger partial charge in [-0.15, -0.1) is 0 Å². The molecule has 0 bridgehead atoms. The van der Waals surface area contributed by atoms with Crippen molar-refractivity contribution in [3.05, 3.63) is 39.8 Å². The molecule has 1 fully saturated rings. The van der Waals surface area contributed by atoms with Crippen LogP contribution in [-0.4, -0.2) is 27.3 Å². The molecule has 0 spiro atoms. The molecule has 5 nitrogen and oxygen atoms in total. The van der Waals surface area contributed by atoms with E-state index in [9.17, 15) is 9.90 Å². The molecule has 0 saturated heterocycles. The molecule has 1 saturated carbocycles. The third-order valence-electron chi connectivity index (χ3n) is 4.26. The van der Waals surface area contributed by atoms with Crippen LogP contribution in [0.3, 0.4) is 0 Å². The normalized spacial score (nSPS) is 17.0. The Kier molecular flexibility index (Phi) is 4.55. The quantitative estimate of drug-likeness (QED) is 0.819. The molecule has 0 radical (unpaired) electrons. The van der Waals surface area contributed by atoms with Gasteiger partial charge in [-0.05, 0) is 48.6 Å². The molecule has 1 aliphatic carbocycles.